The molecule has 0 saturated heterocycles. The first-order valence-electron chi connectivity index (χ1n) is 5.61. The third-order valence-electron chi connectivity index (χ3n) is 2.61. The van der Waals surface area contributed by atoms with Crippen LogP contribution in [0.25, 0.3) is 0 Å². The molecule has 2 aromatic carbocycles. The second-order valence-electron chi connectivity index (χ2n) is 3.89. The van der Waals surface area contributed by atoms with Crippen molar-refractivity contribution in [3.05, 3.63) is 53.8 Å². The van der Waals surface area contributed by atoms with Crippen LogP contribution in [0.3, 0.4) is 0 Å². The van der Waals surface area contributed by atoms with Gasteiger partial charge in [0.25, 0.3) is 5.91 Å². The molecule has 0 aromatic heterocycles. The van der Waals surface area contributed by atoms with E-state index in [1.54, 1.807) is 24.3 Å². The minimum atomic E-state index is -0.571. The van der Waals surface area contributed by atoms with Crippen molar-refractivity contribution in [2.45, 2.75) is 0 Å². The summed E-state index contributed by atoms with van der Waals surface area (Å²) in [6.45, 7) is 0. The molecule has 0 atom stereocenters. The number of benzene rings is 2. The minimum absolute atomic E-state index is 0.0373. The normalized spacial score (nSPS) is 10.0. The molecule has 0 bridgehead atoms. The largest absolute Gasteiger partial charge is 0.496 e. The number of hydrogen-bond donors (Lipinski definition) is 2. The fraction of sp³-hybridized carbons (Fsp3) is 0.0714. The van der Waals surface area contributed by atoms with Gasteiger partial charge in [-0.3, -0.25) is 4.79 Å². The van der Waals surface area contributed by atoms with E-state index in [1.165, 1.54) is 25.3 Å². The highest BCUT2D eigenvalue weighted by Gasteiger charge is 2.12. The van der Waals surface area contributed by atoms with Gasteiger partial charge in [-0.05, 0) is 30.3 Å². The number of para-hydroxylation sites is 1. The fourth-order valence-electron chi connectivity index (χ4n) is 1.64. The van der Waals surface area contributed by atoms with Gasteiger partial charge in [0, 0.05) is 5.69 Å². The third-order valence-corrected chi connectivity index (χ3v) is 2.61. The Morgan fingerprint density at radius 3 is 2.68 bits per heavy atom. The van der Waals surface area contributed by atoms with Crippen LogP contribution in [0.2, 0.25) is 0 Å². The number of nitrogens with two attached hydrogens (primary N) is 1. The Balaban J connectivity index is 2.23. The summed E-state index contributed by atoms with van der Waals surface area (Å²) in [7, 11) is 1.48. The average molecular weight is 260 g/mol. The molecule has 0 aliphatic heterocycles. The SMILES string of the molecule is COc1ccccc1C(=O)Nc1ccc(N)c(F)c1. The molecule has 0 unspecified atom stereocenters. The second kappa shape index (κ2) is 5.39. The summed E-state index contributed by atoms with van der Waals surface area (Å²) >= 11 is 0. The number of hydrogen-bond acceptors (Lipinski definition) is 3. The van der Waals surface area contributed by atoms with Gasteiger partial charge in [-0.1, -0.05) is 12.1 Å². The molecule has 0 fully saturated rings. The van der Waals surface area contributed by atoms with Crippen molar-refractivity contribution in [3.63, 3.8) is 0 Å². The Hall–Kier alpha value is -2.56. The number of carbonyl (C=O) groups is 1. The van der Waals surface area contributed by atoms with Crippen LogP contribution >= 0.6 is 0 Å². The average Bonchev–Trinajstić information content (AvgIpc) is 2.43. The molecule has 0 saturated carbocycles. The van der Waals surface area contributed by atoms with Gasteiger partial charge in [-0.2, -0.15) is 0 Å². The maximum absolute atomic E-state index is 13.3. The fourth-order valence-corrected chi connectivity index (χ4v) is 1.64. The summed E-state index contributed by atoms with van der Waals surface area (Å²) in [5.74, 6) is -0.490. The Bertz CT molecular complexity index is 614. The number of nitrogen functional groups attached to an aromatic ring is 1. The van der Waals surface area contributed by atoms with Crippen molar-refractivity contribution >= 4 is 17.3 Å². The molecule has 19 heavy (non-hydrogen) atoms. The van der Waals surface area contributed by atoms with Crippen LogP contribution in [0.4, 0.5) is 15.8 Å². The first-order valence-corrected chi connectivity index (χ1v) is 5.61. The second-order valence-corrected chi connectivity index (χ2v) is 3.89. The molecule has 5 heteroatoms. The molecule has 98 valence electrons. The van der Waals surface area contributed by atoms with Crippen LogP contribution in [0.15, 0.2) is 42.5 Å². The molecule has 0 aliphatic carbocycles. The smallest absolute Gasteiger partial charge is 0.259 e. The van der Waals surface area contributed by atoms with Gasteiger partial charge in [0.1, 0.15) is 11.6 Å². The molecule has 0 heterocycles. The summed E-state index contributed by atoms with van der Waals surface area (Å²) < 4.78 is 18.4. The third kappa shape index (κ3) is 2.82. The zero-order chi connectivity index (χ0) is 13.8. The zero-order valence-electron chi connectivity index (χ0n) is 10.3. The lowest BCUT2D eigenvalue weighted by Crippen LogP contribution is -2.13. The number of halogens is 1. The lowest BCUT2D eigenvalue weighted by molar-refractivity contribution is 0.102. The standard InChI is InChI=1S/C14H13FN2O2/c1-19-13-5-3-2-4-10(13)14(18)17-9-6-7-12(16)11(15)8-9/h2-8H,16H2,1H3,(H,17,18). The number of nitrogens with one attached hydrogen (secondary N) is 1. The molecule has 2 rings (SSSR count). The van der Waals surface area contributed by atoms with Crippen molar-refractivity contribution < 1.29 is 13.9 Å². The quantitative estimate of drug-likeness (QED) is 0.834. The van der Waals surface area contributed by atoms with E-state index < -0.39 is 5.82 Å². The molecule has 3 N–H and O–H groups in total. The Kier molecular flexibility index (Phi) is 3.66. The Morgan fingerprint density at radius 2 is 2.00 bits per heavy atom. The number of rotatable bonds is 3. The van der Waals surface area contributed by atoms with E-state index in [2.05, 4.69) is 5.32 Å². The monoisotopic (exact) mass is 260 g/mol. The first-order chi connectivity index (χ1) is 9.11. The van der Waals surface area contributed by atoms with Crippen LogP contribution in [-0.4, -0.2) is 13.0 Å². The van der Waals surface area contributed by atoms with Crippen LogP contribution in [0.5, 0.6) is 5.75 Å². The number of ether oxygens (including phenoxy) is 1. The highest BCUT2D eigenvalue weighted by Crippen LogP contribution is 2.20. The zero-order valence-corrected chi connectivity index (χ0v) is 10.3. The van der Waals surface area contributed by atoms with E-state index in [-0.39, 0.29) is 11.6 Å². The first kappa shape index (κ1) is 12.9. The molecule has 0 aliphatic rings. The van der Waals surface area contributed by atoms with Crippen molar-refractivity contribution in [3.8, 4) is 5.75 Å². The maximum atomic E-state index is 13.3. The predicted molar refractivity (Wildman–Crippen MR) is 71.8 cm³/mol. The van der Waals surface area contributed by atoms with Crippen LogP contribution in [0.1, 0.15) is 10.4 Å². The molecule has 4 nitrogen and oxygen atoms in total. The van der Waals surface area contributed by atoms with Gasteiger partial charge in [0.2, 0.25) is 0 Å². The minimum Gasteiger partial charge on any atom is -0.496 e. The van der Waals surface area contributed by atoms with Crippen molar-refractivity contribution in [1.82, 2.24) is 0 Å². The number of anilines is 2. The van der Waals surface area contributed by atoms with Crippen molar-refractivity contribution in [2.24, 2.45) is 0 Å². The van der Waals surface area contributed by atoms with Gasteiger partial charge in [-0.15, -0.1) is 0 Å². The van der Waals surface area contributed by atoms with Gasteiger partial charge in [0.15, 0.2) is 0 Å². The van der Waals surface area contributed by atoms with E-state index >= 15 is 0 Å². The van der Waals surface area contributed by atoms with Gasteiger partial charge in [-0.25, -0.2) is 4.39 Å². The summed E-state index contributed by atoms with van der Waals surface area (Å²) in [6.07, 6.45) is 0. The van der Waals surface area contributed by atoms with E-state index in [0.717, 1.165) is 0 Å². The number of carbonyl (C=O) groups excluding carboxylic acids is 1. The van der Waals surface area contributed by atoms with Gasteiger partial charge < -0.3 is 15.8 Å². The van der Waals surface area contributed by atoms with Crippen LogP contribution in [0, 0.1) is 5.82 Å². The predicted octanol–water partition coefficient (Wildman–Crippen LogP) is 2.67. The van der Waals surface area contributed by atoms with E-state index in [0.29, 0.717) is 17.0 Å². The lowest BCUT2D eigenvalue weighted by atomic mass is 10.2. The number of amides is 1. The highest BCUT2D eigenvalue weighted by molar-refractivity contribution is 6.06. The van der Waals surface area contributed by atoms with Crippen molar-refractivity contribution in [2.75, 3.05) is 18.2 Å². The van der Waals surface area contributed by atoms with Gasteiger partial charge >= 0.3 is 0 Å². The summed E-state index contributed by atoms with van der Waals surface area (Å²) in [4.78, 5) is 12.0. The number of methoxy groups -OCH3 is 1. The Labute approximate surface area is 110 Å². The van der Waals surface area contributed by atoms with E-state index in [9.17, 15) is 9.18 Å². The van der Waals surface area contributed by atoms with Crippen LogP contribution < -0.4 is 15.8 Å². The lowest BCUT2D eigenvalue weighted by Gasteiger charge is -2.09. The molecule has 0 radical (unpaired) electrons. The van der Waals surface area contributed by atoms with Crippen LogP contribution in [-0.2, 0) is 0 Å². The van der Waals surface area contributed by atoms with E-state index in [1.807, 2.05) is 0 Å². The Morgan fingerprint density at radius 1 is 1.26 bits per heavy atom. The summed E-state index contributed by atoms with van der Waals surface area (Å²) in [6, 6.07) is 10.9. The summed E-state index contributed by atoms with van der Waals surface area (Å²) in [5.41, 5.74) is 6.12. The molecule has 0 spiro atoms. The van der Waals surface area contributed by atoms with Gasteiger partial charge in [0.05, 0.1) is 18.4 Å². The van der Waals surface area contributed by atoms with E-state index in [4.69, 9.17) is 10.5 Å². The van der Waals surface area contributed by atoms with Crippen molar-refractivity contribution in [1.29, 1.82) is 0 Å². The highest BCUT2D eigenvalue weighted by atomic mass is 19.1. The topological polar surface area (TPSA) is 64.3 Å². The summed E-state index contributed by atoms with van der Waals surface area (Å²) in [5, 5.41) is 2.59. The molecular weight excluding hydrogens is 247 g/mol. The molecule has 2 aromatic rings. The molecular formula is C14H13FN2O2. The maximum Gasteiger partial charge on any atom is 0.259 e. The molecule has 1 amide bonds.